The van der Waals surface area contributed by atoms with Crippen molar-refractivity contribution in [2.45, 2.75) is 26.3 Å². The van der Waals surface area contributed by atoms with Crippen LogP contribution in [0.25, 0.3) is 0 Å². The number of para-hydroxylation sites is 1. The summed E-state index contributed by atoms with van der Waals surface area (Å²) in [7, 11) is 0. The number of nitrogens with one attached hydrogen (secondary N) is 1. The molecule has 1 amide bonds. The van der Waals surface area contributed by atoms with Crippen LogP contribution in [0.4, 0.5) is 0 Å². The molecule has 0 fully saturated rings. The zero-order valence-corrected chi connectivity index (χ0v) is 10.4. The van der Waals surface area contributed by atoms with Gasteiger partial charge in [0.15, 0.2) is 0 Å². The summed E-state index contributed by atoms with van der Waals surface area (Å²) in [5.41, 5.74) is 6.89. The van der Waals surface area contributed by atoms with Crippen molar-refractivity contribution in [3.05, 3.63) is 29.8 Å². The van der Waals surface area contributed by atoms with E-state index in [0.29, 0.717) is 13.2 Å². The van der Waals surface area contributed by atoms with E-state index < -0.39 is 0 Å². The molecule has 0 aliphatic carbocycles. The van der Waals surface area contributed by atoms with Crippen LogP contribution < -0.4 is 15.8 Å². The predicted octanol–water partition coefficient (Wildman–Crippen LogP) is 1.61. The molecule has 0 radical (unpaired) electrons. The van der Waals surface area contributed by atoms with E-state index in [2.05, 4.69) is 5.32 Å². The van der Waals surface area contributed by atoms with E-state index in [0.717, 1.165) is 11.3 Å². The highest BCUT2D eigenvalue weighted by Crippen LogP contribution is 2.25. The fourth-order valence-corrected chi connectivity index (χ4v) is 1.65. The van der Waals surface area contributed by atoms with Gasteiger partial charge in [-0.05, 0) is 19.9 Å². The number of carbonyl (C=O) groups is 1. The summed E-state index contributed by atoms with van der Waals surface area (Å²) in [6.07, 6.45) is 0.276. The summed E-state index contributed by atoms with van der Waals surface area (Å²) in [5.74, 6) is 0.720. The summed E-state index contributed by atoms with van der Waals surface area (Å²) in [5, 5.41) is 2.74. The molecule has 0 spiro atoms. The van der Waals surface area contributed by atoms with E-state index in [1.165, 1.54) is 0 Å². The number of carbonyl (C=O) groups excluding carboxylic acids is 1. The molecule has 0 saturated carbocycles. The number of amides is 1. The zero-order chi connectivity index (χ0) is 12.7. The standard InChI is InChI=1S/C13H20N2O2/c1-3-15-13(16)9-11(14)10-7-5-6-8-12(10)17-4-2/h5-8,11H,3-4,9,14H2,1-2H3,(H,15,16). The highest BCUT2D eigenvalue weighted by Gasteiger charge is 2.14. The quantitative estimate of drug-likeness (QED) is 0.788. The number of benzene rings is 1. The molecule has 17 heavy (non-hydrogen) atoms. The maximum Gasteiger partial charge on any atom is 0.221 e. The van der Waals surface area contributed by atoms with Crippen LogP contribution in [-0.4, -0.2) is 19.1 Å². The molecule has 0 bridgehead atoms. The second-order valence-corrected chi connectivity index (χ2v) is 3.73. The lowest BCUT2D eigenvalue weighted by Gasteiger charge is -2.16. The van der Waals surface area contributed by atoms with E-state index >= 15 is 0 Å². The molecule has 1 aromatic carbocycles. The van der Waals surface area contributed by atoms with Gasteiger partial charge in [-0.2, -0.15) is 0 Å². The van der Waals surface area contributed by atoms with Crippen LogP contribution in [0.3, 0.4) is 0 Å². The van der Waals surface area contributed by atoms with E-state index in [-0.39, 0.29) is 18.4 Å². The monoisotopic (exact) mass is 236 g/mol. The number of rotatable bonds is 6. The molecule has 4 nitrogen and oxygen atoms in total. The Labute approximate surface area is 102 Å². The van der Waals surface area contributed by atoms with Gasteiger partial charge in [0.2, 0.25) is 5.91 Å². The third kappa shape index (κ3) is 4.07. The Balaban J connectivity index is 2.73. The Morgan fingerprint density at radius 3 is 2.76 bits per heavy atom. The summed E-state index contributed by atoms with van der Waals surface area (Å²) >= 11 is 0. The summed E-state index contributed by atoms with van der Waals surface area (Å²) in [6, 6.07) is 7.23. The number of hydrogen-bond acceptors (Lipinski definition) is 3. The smallest absolute Gasteiger partial charge is 0.221 e. The molecule has 1 unspecified atom stereocenters. The Kier molecular flexibility index (Phi) is 5.49. The SMILES string of the molecule is CCNC(=O)CC(N)c1ccccc1OCC. The van der Waals surface area contributed by atoms with Gasteiger partial charge in [-0.3, -0.25) is 4.79 Å². The minimum absolute atomic E-state index is 0.0358. The molecule has 4 heteroatoms. The number of hydrogen-bond donors (Lipinski definition) is 2. The fourth-order valence-electron chi connectivity index (χ4n) is 1.65. The van der Waals surface area contributed by atoms with Crippen molar-refractivity contribution in [2.24, 2.45) is 5.73 Å². The molecule has 1 aromatic rings. The second-order valence-electron chi connectivity index (χ2n) is 3.73. The highest BCUT2D eigenvalue weighted by atomic mass is 16.5. The van der Waals surface area contributed by atoms with Crippen LogP contribution in [0.1, 0.15) is 31.9 Å². The van der Waals surface area contributed by atoms with E-state index in [1.54, 1.807) is 0 Å². The third-order valence-electron chi connectivity index (χ3n) is 2.40. The minimum Gasteiger partial charge on any atom is -0.494 e. The van der Waals surface area contributed by atoms with Gasteiger partial charge in [-0.15, -0.1) is 0 Å². The van der Waals surface area contributed by atoms with Crippen molar-refractivity contribution in [1.82, 2.24) is 5.32 Å². The maximum atomic E-state index is 11.5. The third-order valence-corrected chi connectivity index (χ3v) is 2.40. The average Bonchev–Trinajstić information content (AvgIpc) is 2.30. The Morgan fingerprint density at radius 1 is 1.41 bits per heavy atom. The number of nitrogens with two attached hydrogens (primary N) is 1. The molecular weight excluding hydrogens is 216 g/mol. The first-order valence-electron chi connectivity index (χ1n) is 5.93. The lowest BCUT2D eigenvalue weighted by Crippen LogP contribution is -2.27. The van der Waals surface area contributed by atoms with Gasteiger partial charge >= 0.3 is 0 Å². The Morgan fingerprint density at radius 2 is 2.12 bits per heavy atom. The lowest BCUT2D eigenvalue weighted by molar-refractivity contribution is -0.121. The topological polar surface area (TPSA) is 64.4 Å². The lowest BCUT2D eigenvalue weighted by atomic mass is 10.0. The van der Waals surface area contributed by atoms with Gasteiger partial charge in [-0.1, -0.05) is 18.2 Å². The van der Waals surface area contributed by atoms with Gasteiger partial charge in [0.25, 0.3) is 0 Å². The van der Waals surface area contributed by atoms with Crippen molar-refractivity contribution < 1.29 is 9.53 Å². The predicted molar refractivity (Wildman–Crippen MR) is 67.8 cm³/mol. The first-order valence-corrected chi connectivity index (χ1v) is 5.93. The van der Waals surface area contributed by atoms with Gasteiger partial charge < -0.3 is 15.8 Å². The highest BCUT2D eigenvalue weighted by molar-refractivity contribution is 5.76. The molecule has 0 aliphatic rings. The van der Waals surface area contributed by atoms with E-state index in [9.17, 15) is 4.79 Å². The molecule has 0 aromatic heterocycles. The number of ether oxygens (including phenoxy) is 1. The van der Waals surface area contributed by atoms with E-state index in [1.807, 2.05) is 38.1 Å². The summed E-state index contributed by atoms with van der Waals surface area (Å²) in [6.45, 7) is 5.02. The summed E-state index contributed by atoms with van der Waals surface area (Å²) < 4.78 is 5.49. The zero-order valence-electron chi connectivity index (χ0n) is 10.4. The normalized spacial score (nSPS) is 11.9. The van der Waals surface area contributed by atoms with Crippen molar-refractivity contribution in [3.63, 3.8) is 0 Å². The van der Waals surface area contributed by atoms with Crippen LogP contribution in [0.5, 0.6) is 5.75 Å². The largest absolute Gasteiger partial charge is 0.494 e. The van der Waals surface area contributed by atoms with Crippen LogP contribution in [-0.2, 0) is 4.79 Å². The first-order chi connectivity index (χ1) is 8.19. The Hall–Kier alpha value is -1.55. The van der Waals surface area contributed by atoms with Crippen molar-refractivity contribution in [2.75, 3.05) is 13.2 Å². The second kappa shape index (κ2) is 6.91. The van der Waals surface area contributed by atoms with Gasteiger partial charge in [0.1, 0.15) is 5.75 Å². The van der Waals surface area contributed by atoms with Crippen LogP contribution in [0, 0.1) is 0 Å². The van der Waals surface area contributed by atoms with Gasteiger partial charge in [0, 0.05) is 24.6 Å². The molecule has 1 atom stereocenters. The first kappa shape index (κ1) is 13.5. The van der Waals surface area contributed by atoms with E-state index in [4.69, 9.17) is 10.5 Å². The van der Waals surface area contributed by atoms with Crippen molar-refractivity contribution in [3.8, 4) is 5.75 Å². The van der Waals surface area contributed by atoms with Crippen LogP contribution in [0.15, 0.2) is 24.3 Å². The van der Waals surface area contributed by atoms with Gasteiger partial charge in [-0.25, -0.2) is 0 Å². The molecule has 3 N–H and O–H groups in total. The molecule has 1 rings (SSSR count). The molecule has 0 saturated heterocycles. The molecular formula is C13H20N2O2. The maximum absolute atomic E-state index is 11.5. The molecule has 0 aliphatic heterocycles. The van der Waals surface area contributed by atoms with Crippen LogP contribution >= 0.6 is 0 Å². The fraction of sp³-hybridized carbons (Fsp3) is 0.462. The molecule has 0 heterocycles. The molecule has 94 valence electrons. The van der Waals surface area contributed by atoms with Crippen LogP contribution in [0.2, 0.25) is 0 Å². The van der Waals surface area contributed by atoms with Gasteiger partial charge in [0.05, 0.1) is 6.61 Å². The average molecular weight is 236 g/mol. The van der Waals surface area contributed by atoms with Crippen molar-refractivity contribution >= 4 is 5.91 Å². The summed E-state index contributed by atoms with van der Waals surface area (Å²) in [4.78, 5) is 11.5. The minimum atomic E-state index is -0.329. The van der Waals surface area contributed by atoms with Crippen molar-refractivity contribution in [1.29, 1.82) is 0 Å². The Bertz CT molecular complexity index is 366.